The molecule has 0 atom stereocenters. The number of hydrogen-bond donors (Lipinski definition) is 0. The van der Waals surface area contributed by atoms with Gasteiger partial charge in [-0.15, -0.1) is 0 Å². The van der Waals surface area contributed by atoms with Crippen molar-refractivity contribution in [2.24, 2.45) is 0 Å². The van der Waals surface area contributed by atoms with Crippen LogP contribution in [-0.2, 0) is 10.8 Å². The summed E-state index contributed by atoms with van der Waals surface area (Å²) in [6.07, 6.45) is 0. The third kappa shape index (κ3) is 10.7. The Balaban J connectivity index is 0.000000139. The quantitative estimate of drug-likeness (QED) is 0.105. The second-order valence-corrected chi connectivity index (χ2v) is 32.4. The number of benzene rings is 21. The Morgan fingerprint density at radius 3 is 0.860 bits per heavy atom. The molecule has 0 saturated carbocycles. The van der Waals surface area contributed by atoms with Crippen molar-refractivity contribution in [1.82, 2.24) is 0 Å². The second-order valence-electron chi connectivity index (χ2n) is 32.4. The molecule has 0 bridgehead atoms. The Kier molecular flexibility index (Phi) is 15.4. The van der Waals surface area contributed by atoms with Gasteiger partial charge in [0.05, 0.1) is 0 Å². The van der Waals surface area contributed by atoms with Crippen LogP contribution >= 0.6 is 0 Å². The van der Waals surface area contributed by atoms with E-state index in [1.54, 1.807) is 0 Å². The lowest BCUT2D eigenvalue weighted by molar-refractivity contribution is 0.663. The van der Waals surface area contributed by atoms with Gasteiger partial charge in [-0.05, 0) is 273 Å². The molecule has 0 heteroatoms. The lowest BCUT2D eigenvalue weighted by Crippen LogP contribution is -2.16. The molecule has 21 aromatic carbocycles. The summed E-state index contributed by atoms with van der Waals surface area (Å²) in [5, 5.41) is 23.0. The van der Waals surface area contributed by atoms with Crippen molar-refractivity contribution < 1.29 is 0 Å². The molecule has 0 nitrogen and oxygen atoms in total. The summed E-state index contributed by atoms with van der Waals surface area (Å²) in [4.78, 5) is 0. The number of rotatable bonds is 8. The molecule has 21 aromatic rings. The fourth-order valence-electron chi connectivity index (χ4n) is 20.1. The van der Waals surface area contributed by atoms with Crippen LogP contribution in [0.15, 0.2) is 400 Å². The SMILES string of the molecule is CC1(C)c2cc3ccccc3cc2-c2cccc(-c3ccc(-c4c5ccccc5c(-c5ccc(-c6ccc7ccccc7c6)cc5)c5ccccc45)cc3)c21.CC1(C)c2cc3ccccc3cc2-c2cccc(-c3ccc(-c4c5ccccc5c(-c5cccc(-c6cc7ccccc7c7ccccc67)c5)c5ccccc45)cc3)c21. The van der Waals surface area contributed by atoms with E-state index in [9.17, 15) is 0 Å². The molecule has 0 aromatic heterocycles. The highest BCUT2D eigenvalue weighted by atomic mass is 14.4. The molecule has 0 aliphatic heterocycles. The Morgan fingerprint density at radius 1 is 0.140 bits per heavy atom. The van der Waals surface area contributed by atoms with Crippen molar-refractivity contribution in [2.45, 2.75) is 38.5 Å². The molecular weight excluding hydrogens is 1370 g/mol. The maximum Gasteiger partial charge on any atom is 0.0165 e. The van der Waals surface area contributed by atoms with E-state index >= 15 is 0 Å². The zero-order valence-electron chi connectivity index (χ0n) is 64.1. The molecule has 0 radical (unpaired) electrons. The first kappa shape index (κ1) is 66.9. The van der Waals surface area contributed by atoms with E-state index < -0.39 is 0 Å². The lowest BCUT2D eigenvalue weighted by atomic mass is 9.78. The maximum atomic E-state index is 2.42. The predicted octanol–water partition coefficient (Wildman–Crippen LogP) is 31.7. The van der Waals surface area contributed by atoms with Gasteiger partial charge in [0, 0.05) is 10.8 Å². The van der Waals surface area contributed by atoms with Crippen LogP contribution in [0.4, 0.5) is 0 Å². The van der Waals surface area contributed by atoms with Crippen molar-refractivity contribution in [3.05, 3.63) is 423 Å². The first-order valence-electron chi connectivity index (χ1n) is 40.1. The van der Waals surface area contributed by atoms with Gasteiger partial charge < -0.3 is 0 Å². The zero-order chi connectivity index (χ0) is 75.9. The first-order valence-corrected chi connectivity index (χ1v) is 40.1. The Bertz CT molecular complexity index is 7440. The van der Waals surface area contributed by atoms with Gasteiger partial charge in [-0.3, -0.25) is 0 Å². The topological polar surface area (TPSA) is 0 Å². The molecular formula is C114H78. The van der Waals surface area contributed by atoms with Gasteiger partial charge in [0.25, 0.3) is 0 Å². The summed E-state index contributed by atoms with van der Waals surface area (Å²) in [6.45, 7) is 9.57. The van der Waals surface area contributed by atoms with E-state index in [0.717, 1.165) is 0 Å². The Morgan fingerprint density at radius 2 is 0.430 bits per heavy atom. The first-order chi connectivity index (χ1) is 56.1. The molecule has 2 aliphatic carbocycles. The molecule has 0 saturated heterocycles. The summed E-state index contributed by atoms with van der Waals surface area (Å²) >= 11 is 0. The van der Waals surface area contributed by atoms with E-state index in [1.165, 1.54) is 230 Å². The zero-order valence-corrected chi connectivity index (χ0v) is 64.1. The smallest absolute Gasteiger partial charge is 0.0165 e. The van der Waals surface area contributed by atoms with E-state index in [-0.39, 0.29) is 10.8 Å². The lowest BCUT2D eigenvalue weighted by Gasteiger charge is -2.25. The van der Waals surface area contributed by atoms with E-state index in [1.807, 2.05) is 0 Å². The summed E-state index contributed by atoms with van der Waals surface area (Å²) in [5.41, 5.74) is 30.9. The molecule has 0 unspecified atom stereocenters. The molecule has 0 spiro atoms. The average Bonchev–Trinajstić information content (AvgIpc) is 1.40. The summed E-state index contributed by atoms with van der Waals surface area (Å²) in [7, 11) is 0. The fourth-order valence-corrected chi connectivity index (χ4v) is 20.1. The van der Waals surface area contributed by atoms with Crippen LogP contribution < -0.4 is 0 Å². The van der Waals surface area contributed by atoms with Gasteiger partial charge in [0.1, 0.15) is 0 Å². The minimum Gasteiger partial charge on any atom is -0.0616 e. The van der Waals surface area contributed by atoms with Crippen molar-refractivity contribution in [2.75, 3.05) is 0 Å². The molecule has 114 heavy (non-hydrogen) atoms. The summed E-state index contributed by atoms with van der Waals surface area (Å²) in [5.74, 6) is 0. The molecule has 23 rings (SSSR count). The van der Waals surface area contributed by atoms with Crippen LogP contribution in [0.5, 0.6) is 0 Å². The third-order valence-electron chi connectivity index (χ3n) is 25.4. The monoisotopic (exact) mass is 1450 g/mol. The van der Waals surface area contributed by atoms with Crippen molar-refractivity contribution in [3.8, 4) is 111 Å². The van der Waals surface area contributed by atoms with E-state index in [0.29, 0.717) is 0 Å². The van der Waals surface area contributed by atoms with Crippen LogP contribution in [0.3, 0.4) is 0 Å². The molecule has 0 N–H and O–H groups in total. The number of hydrogen-bond acceptors (Lipinski definition) is 0. The highest BCUT2D eigenvalue weighted by Crippen LogP contribution is 2.56. The normalized spacial score (nSPS) is 13.1. The fraction of sp³-hybridized carbons (Fsp3) is 0.0526. The van der Waals surface area contributed by atoms with Crippen LogP contribution in [-0.4, -0.2) is 0 Å². The highest BCUT2D eigenvalue weighted by molar-refractivity contribution is 6.24. The predicted molar refractivity (Wildman–Crippen MR) is 489 cm³/mol. The standard InChI is InChI=1S/C59H40.C55H38/c1-59(2)55-36-40-16-4-3-15-39(40)34-54(55)52-28-14-27-45(58(52)59)37-29-31-38(32-30-37)56-48-23-9-11-25-50(48)57(51-26-12-10-24-49(51)56)43-19-13-18-41(33-43)53-35-42-17-5-6-20-44(42)46-21-7-8-22-47(46)53;1-55(2)51-34-42-15-6-5-14-41(42)33-50(51)49-21-11-20-44(54(49)55)37-25-29-39(30-26-37)53-47-18-9-7-16-45(47)52(46-17-8-10-19-48(46)53)38-27-22-36(23-28-38)43-31-24-35-12-3-4-13-40(35)32-43/h3-36H,1-2H3;3-34H,1-2H3. The maximum absolute atomic E-state index is 2.42. The van der Waals surface area contributed by atoms with Gasteiger partial charge in [-0.2, -0.15) is 0 Å². The average molecular weight is 1450 g/mol. The minimum absolute atomic E-state index is 0.111. The van der Waals surface area contributed by atoms with Crippen LogP contribution in [0, 0.1) is 0 Å². The highest BCUT2D eigenvalue weighted by Gasteiger charge is 2.40. The van der Waals surface area contributed by atoms with Crippen molar-refractivity contribution in [3.63, 3.8) is 0 Å². The molecule has 534 valence electrons. The minimum atomic E-state index is -0.120. The third-order valence-corrected chi connectivity index (χ3v) is 25.4. The van der Waals surface area contributed by atoms with Gasteiger partial charge in [-0.1, -0.05) is 386 Å². The van der Waals surface area contributed by atoms with Gasteiger partial charge in [0.2, 0.25) is 0 Å². The largest absolute Gasteiger partial charge is 0.0616 e. The molecule has 2 aliphatic rings. The van der Waals surface area contributed by atoms with Gasteiger partial charge >= 0.3 is 0 Å². The van der Waals surface area contributed by atoms with Crippen LogP contribution in [0.1, 0.15) is 49.9 Å². The summed E-state index contributed by atoms with van der Waals surface area (Å²) < 4.78 is 0. The van der Waals surface area contributed by atoms with Crippen LogP contribution in [0.2, 0.25) is 0 Å². The van der Waals surface area contributed by atoms with Crippen molar-refractivity contribution in [1.29, 1.82) is 0 Å². The summed E-state index contributed by atoms with van der Waals surface area (Å²) in [6, 6.07) is 149. The molecule has 0 fully saturated rings. The molecule has 0 heterocycles. The van der Waals surface area contributed by atoms with Gasteiger partial charge in [0.15, 0.2) is 0 Å². The van der Waals surface area contributed by atoms with Crippen LogP contribution in [0.25, 0.3) is 208 Å². The Hall–Kier alpha value is -14.0. The van der Waals surface area contributed by atoms with E-state index in [2.05, 4.69) is 428 Å². The molecule has 0 amide bonds. The van der Waals surface area contributed by atoms with Crippen molar-refractivity contribution >= 4 is 97.0 Å². The number of fused-ring (bicyclic) bond motifs is 16. The second kappa shape index (κ2) is 26.3. The Labute approximate surface area is 664 Å². The van der Waals surface area contributed by atoms with E-state index in [4.69, 9.17) is 0 Å². The van der Waals surface area contributed by atoms with Gasteiger partial charge in [-0.25, -0.2) is 0 Å².